The van der Waals surface area contributed by atoms with E-state index in [0.29, 0.717) is 21.8 Å². The molecule has 0 saturated carbocycles. The van der Waals surface area contributed by atoms with Gasteiger partial charge in [0.05, 0.1) is 36.6 Å². The van der Waals surface area contributed by atoms with Crippen molar-refractivity contribution in [1.82, 2.24) is 0 Å². The molecule has 0 saturated heterocycles. The summed E-state index contributed by atoms with van der Waals surface area (Å²) in [6.45, 7) is 7.28. The van der Waals surface area contributed by atoms with Gasteiger partial charge in [-0.25, -0.2) is 0 Å². The van der Waals surface area contributed by atoms with E-state index in [9.17, 15) is 9.59 Å². The first kappa shape index (κ1) is 24.6. The zero-order chi connectivity index (χ0) is 23.2. The number of rotatable bonds is 8. The van der Waals surface area contributed by atoms with Crippen molar-refractivity contribution >= 4 is 34.9 Å². The average Bonchev–Trinajstić information content (AvgIpc) is 2.70. The van der Waals surface area contributed by atoms with Crippen molar-refractivity contribution in [3.05, 3.63) is 64.7 Å². The van der Waals surface area contributed by atoms with Crippen LogP contribution >= 0.6 is 11.6 Å². The second-order valence-electron chi connectivity index (χ2n) is 8.20. The van der Waals surface area contributed by atoms with Crippen LogP contribution in [-0.2, 0) is 19.1 Å². The largest absolute Gasteiger partial charge is 0.468 e. The Morgan fingerprint density at radius 2 is 1.77 bits per heavy atom. The van der Waals surface area contributed by atoms with Gasteiger partial charge in [0.25, 0.3) is 0 Å². The van der Waals surface area contributed by atoms with Crippen LogP contribution in [0.2, 0.25) is 5.02 Å². The first-order valence-electron chi connectivity index (χ1n) is 10.0. The number of halogens is 1. The Hall–Kier alpha value is -2.70. The fourth-order valence-electron chi connectivity index (χ4n) is 3.21. The highest BCUT2D eigenvalue weighted by Crippen LogP contribution is 2.28. The molecule has 2 rings (SSSR count). The van der Waals surface area contributed by atoms with Gasteiger partial charge in [0.2, 0.25) is 5.91 Å². The Morgan fingerprint density at radius 1 is 1.13 bits per heavy atom. The van der Waals surface area contributed by atoms with Crippen molar-refractivity contribution in [3.8, 4) is 0 Å². The molecule has 1 amide bonds. The summed E-state index contributed by atoms with van der Waals surface area (Å²) in [6, 6.07) is 14.0. The smallest absolute Gasteiger partial charge is 0.325 e. The third-order valence-corrected chi connectivity index (χ3v) is 4.65. The van der Waals surface area contributed by atoms with E-state index in [4.69, 9.17) is 26.5 Å². The molecular weight excluding hydrogens is 416 g/mol. The summed E-state index contributed by atoms with van der Waals surface area (Å²) in [5.41, 5.74) is 1.31. The Balaban J connectivity index is 2.45. The van der Waals surface area contributed by atoms with Crippen molar-refractivity contribution in [1.29, 1.82) is 5.41 Å². The van der Waals surface area contributed by atoms with E-state index >= 15 is 0 Å². The van der Waals surface area contributed by atoms with Crippen LogP contribution in [-0.4, -0.2) is 42.9 Å². The molecule has 166 valence electrons. The number of esters is 1. The normalized spacial score (nSPS) is 12.2. The molecule has 1 N–H and O–H groups in total. The van der Waals surface area contributed by atoms with Crippen LogP contribution in [0.25, 0.3) is 0 Å². The van der Waals surface area contributed by atoms with E-state index in [-0.39, 0.29) is 30.7 Å². The molecule has 0 aromatic heterocycles. The first-order chi connectivity index (χ1) is 14.5. The van der Waals surface area contributed by atoms with Crippen LogP contribution in [0.1, 0.15) is 45.2 Å². The van der Waals surface area contributed by atoms with E-state index < -0.39 is 11.6 Å². The highest BCUT2D eigenvalue weighted by atomic mass is 35.5. The van der Waals surface area contributed by atoms with Crippen molar-refractivity contribution in [2.24, 2.45) is 0 Å². The number of carbonyl (C=O) groups excluding carboxylic acids is 2. The van der Waals surface area contributed by atoms with Crippen LogP contribution in [0.3, 0.4) is 0 Å². The summed E-state index contributed by atoms with van der Waals surface area (Å²) in [5, 5.41) is 9.12. The number of benzene rings is 2. The summed E-state index contributed by atoms with van der Waals surface area (Å²) < 4.78 is 10.7. The molecular formula is C24H29ClN2O4. The zero-order valence-electron chi connectivity index (χ0n) is 18.6. The lowest BCUT2D eigenvalue weighted by molar-refractivity contribution is -0.140. The fraction of sp³-hybridized carbons (Fsp3) is 0.375. The lowest BCUT2D eigenvalue weighted by Gasteiger charge is -2.28. The molecule has 0 aliphatic heterocycles. The number of amides is 1. The van der Waals surface area contributed by atoms with Crippen molar-refractivity contribution in [2.75, 3.05) is 18.6 Å². The number of anilines is 1. The number of nitrogens with one attached hydrogen (secondary N) is 1. The molecule has 0 aliphatic rings. The molecule has 31 heavy (non-hydrogen) atoms. The second kappa shape index (κ2) is 10.6. The van der Waals surface area contributed by atoms with Crippen molar-refractivity contribution in [2.45, 2.75) is 45.8 Å². The predicted molar refractivity (Wildman–Crippen MR) is 123 cm³/mol. The number of methoxy groups -OCH3 is 1. The molecule has 1 unspecified atom stereocenters. The van der Waals surface area contributed by atoms with Gasteiger partial charge in [-0.3, -0.25) is 15.0 Å². The minimum atomic E-state index is -0.565. The van der Waals surface area contributed by atoms with Gasteiger partial charge in [0.15, 0.2) is 0 Å². The molecule has 2 aromatic carbocycles. The maximum Gasteiger partial charge on any atom is 0.325 e. The van der Waals surface area contributed by atoms with Gasteiger partial charge in [0, 0.05) is 16.1 Å². The molecule has 6 nitrogen and oxygen atoms in total. The molecule has 0 heterocycles. The quantitative estimate of drug-likeness (QED) is 0.466. The third-order valence-electron chi connectivity index (χ3n) is 4.41. The first-order valence-corrected chi connectivity index (χ1v) is 10.4. The number of hydrogen-bond acceptors (Lipinski definition) is 5. The lowest BCUT2D eigenvalue weighted by atomic mass is 9.99. The molecule has 0 bridgehead atoms. The van der Waals surface area contributed by atoms with E-state index in [1.165, 1.54) is 12.0 Å². The third kappa shape index (κ3) is 7.19. The van der Waals surface area contributed by atoms with E-state index in [1.54, 1.807) is 30.3 Å². The molecule has 2 aromatic rings. The molecule has 0 spiro atoms. The van der Waals surface area contributed by atoms with Crippen molar-refractivity contribution < 1.29 is 19.1 Å². The van der Waals surface area contributed by atoms with Crippen LogP contribution in [0, 0.1) is 5.41 Å². The van der Waals surface area contributed by atoms with Gasteiger partial charge in [-0.15, -0.1) is 0 Å². The van der Waals surface area contributed by atoms with Gasteiger partial charge < -0.3 is 14.4 Å². The highest BCUT2D eigenvalue weighted by molar-refractivity contribution is 6.31. The number of nitrogens with zero attached hydrogens (tertiary/aromatic N) is 1. The Bertz CT molecular complexity index is 938. The van der Waals surface area contributed by atoms with E-state index in [1.807, 2.05) is 45.9 Å². The second-order valence-corrected chi connectivity index (χ2v) is 8.64. The Morgan fingerprint density at radius 3 is 2.35 bits per heavy atom. The summed E-state index contributed by atoms with van der Waals surface area (Å²) in [6.07, 6.45) is -0.299. The standard InChI is InChI=1S/C24H29ClN2O4/c1-16(31-24(2,3)4)13-21(28)27(15-22(29)30-5)20-12-11-18(25)14-19(20)23(26)17-9-7-6-8-10-17/h6-12,14,16,26H,13,15H2,1-5H3. The molecule has 7 heteroatoms. The molecule has 0 radical (unpaired) electrons. The monoisotopic (exact) mass is 444 g/mol. The van der Waals surface area contributed by atoms with Gasteiger partial charge in [-0.05, 0) is 45.9 Å². The summed E-state index contributed by atoms with van der Waals surface area (Å²) >= 11 is 6.21. The van der Waals surface area contributed by atoms with E-state index in [2.05, 4.69) is 0 Å². The van der Waals surface area contributed by atoms with Crippen LogP contribution in [0.5, 0.6) is 0 Å². The van der Waals surface area contributed by atoms with Gasteiger partial charge in [-0.1, -0.05) is 41.9 Å². The SMILES string of the molecule is COC(=O)CN(C(=O)CC(C)OC(C)(C)C)c1ccc(Cl)cc1C(=N)c1ccccc1. The summed E-state index contributed by atoms with van der Waals surface area (Å²) in [4.78, 5) is 26.7. The maximum atomic E-state index is 13.2. The Kier molecular flexibility index (Phi) is 8.36. The number of ether oxygens (including phenoxy) is 2. The predicted octanol–water partition coefficient (Wildman–Crippen LogP) is 4.86. The minimum Gasteiger partial charge on any atom is -0.468 e. The average molecular weight is 445 g/mol. The Labute approximate surface area is 188 Å². The zero-order valence-corrected chi connectivity index (χ0v) is 19.3. The van der Waals surface area contributed by atoms with E-state index in [0.717, 1.165) is 0 Å². The summed E-state index contributed by atoms with van der Waals surface area (Å²) in [5.74, 6) is -0.878. The van der Waals surface area contributed by atoms with Gasteiger partial charge in [-0.2, -0.15) is 0 Å². The fourth-order valence-corrected chi connectivity index (χ4v) is 3.38. The molecule has 1 atom stereocenters. The van der Waals surface area contributed by atoms with Crippen LogP contribution in [0.4, 0.5) is 5.69 Å². The maximum absolute atomic E-state index is 13.2. The number of hydrogen-bond donors (Lipinski definition) is 1. The van der Waals surface area contributed by atoms with Gasteiger partial charge >= 0.3 is 5.97 Å². The van der Waals surface area contributed by atoms with Crippen molar-refractivity contribution in [3.63, 3.8) is 0 Å². The molecule has 0 aliphatic carbocycles. The molecule has 0 fully saturated rings. The van der Waals surface area contributed by atoms with Gasteiger partial charge in [0.1, 0.15) is 6.54 Å². The minimum absolute atomic E-state index is 0.0645. The van der Waals surface area contributed by atoms with Crippen LogP contribution < -0.4 is 4.90 Å². The topological polar surface area (TPSA) is 79.7 Å². The highest BCUT2D eigenvalue weighted by Gasteiger charge is 2.27. The summed E-state index contributed by atoms with van der Waals surface area (Å²) in [7, 11) is 1.27. The number of carbonyl (C=O) groups is 2. The van der Waals surface area contributed by atoms with Crippen LogP contribution in [0.15, 0.2) is 48.5 Å². The lowest BCUT2D eigenvalue weighted by Crippen LogP contribution is -2.39.